The van der Waals surface area contributed by atoms with E-state index in [1.165, 1.54) is 24.3 Å². The monoisotopic (exact) mass is 348 g/mol. The summed E-state index contributed by atoms with van der Waals surface area (Å²) >= 11 is 0. The van der Waals surface area contributed by atoms with Gasteiger partial charge in [-0.05, 0) is 48.7 Å². The van der Waals surface area contributed by atoms with Crippen LogP contribution in [-0.2, 0) is 17.4 Å². The summed E-state index contributed by atoms with van der Waals surface area (Å²) in [4.78, 5) is 23.9. The van der Waals surface area contributed by atoms with Crippen LogP contribution in [0.1, 0.15) is 34.3 Å². The molecule has 7 heteroatoms. The van der Waals surface area contributed by atoms with Crippen molar-refractivity contribution in [2.45, 2.75) is 25.4 Å². The standard InChI is InChI=1S/C18H15F3N2O2/c19-18(20,21)13-5-1-2-6-15(13)23-17(25)12-8-9-14-11(10-12)4-3-7-16(24)22-14/h1-2,5-6,8-10H,3-4,7H2,(H,22,24)(H,23,25). The first-order valence-corrected chi connectivity index (χ1v) is 7.75. The number of anilines is 2. The number of carbonyl (C=O) groups is 2. The average molecular weight is 348 g/mol. The Balaban J connectivity index is 1.86. The number of nitrogens with one attached hydrogen (secondary N) is 2. The molecular formula is C18H15F3N2O2. The number of hydrogen-bond donors (Lipinski definition) is 2. The molecule has 2 amide bonds. The maximum Gasteiger partial charge on any atom is 0.418 e. The summed E-state index contributed by atoms with van der Waals surface area (Å²) in [6.07, 6.45) is -2.88. The largest absolute Gasteiger partial charge is 0.418 e. The van der Waals surface area contributed by atoms with Crippen LogP contribution in [-0.4, -0.2) is 11.8 Å². The Hall–Kier alpha value is -2.83. The molecule has 0 saturated heterocycles. The number of benzene rings is 2. The molecule has 1 aliphatic rings. The molecule has 0 saturated carbocycles. The van der Waals surface area contributed by atoms with Crippen LogP contribution >= 0.6 is 0 Å². The number of para-hydroxylation sites is 1. The van der Waals surface area contributed by atoms with E-state index in [2.05, 4.69) is 10.6 Å². The van der Waals surface area contributed by atoms with Crippen molar-refractivity contribution in [1.29, 1.82) is 0 Å². The predicted octanol–water partition coefficient (Wildman–Crippen LogP) is 4.23. The lowest BCUT2D eigenvalue weighted by Gasteiger charge is -2.14. The molecule has 130 valence electrons. The highest BCUT2D eigenvalue weighted by Gasteiger charge is 2.33. The maximum absolute atomic E-state index is 13.0. The molecule has 2 aromatic carbocycles. The van der Waals surface area contributed by atoms with Crippen LogP contribution in [0.4, 0.5) is 24.5 Å². The normalized spacial score (nSPS) is 14.3. The van der Waals surface area contributed by atoms with Crippen LogP contribution < -0.4 is 10.6 Å². The van der Waals surface area contributed by atoms with Crippen molar-refractivity contribution in [3.63, 3.8) is 0 Å². The average Bonchev–Trinajstić information content (AvgIpc) is 2.74. The van der Waals surface area contributed by atoms with E-state index in [9.17, 15) is 22.8 Å². The molecule has 1 heterocycles. The third kappa shape index (κ3) is 3.81. The minimum Gasteiger partial charge on any atom is -0.326 e. The predicted molar refractivity (Wildman–Crippen MR) is 87.4 cm³/mol. The zero-order chi connectivity index (χ0) is 18.0. The third-order valence-corrected chi connectivity index (χ3v) is 3.97. The summed E-state index contributed by atoms with van der Waals surface area (Å²) in [6, 6.07) is 9.51. The van der Waals surface area contributed by atoms with Gasteiger partial charge in [0.1, 0.15) is 0 Å². The highest BCUT2D eigenvalue weighted by molar-refractivity contribution is 6.05. The second-order valence-electron chi connectivity index (χ2n) is 5.77. The van der Waals surface area contributed by atoms with Gasteiger partial charge in [-0.15, -0.1) is 0 Å². The summed E-state index contributed by atoms with van der Waals surface area (Å²) in [5.41, 5.74) is 0.484. The number of rotatable bonds is 2. The molecule has 0 bridgehead atoms. The smallest absolute Gasteiger partial charge is 0.326 e. The van der Waals surface area contributed by atoms with Gasteiger partial charge in [0.05, 0.1) is 11.3 Å². The van der Waals surface area contributed by atoms with E-state index < -0.39 is 17.6 Å². The van der Waals surface area contributed by atoms with Crippen LogP contribution in [0.2, 0.25) is 0 Å². The highest BCUT2D eigenvalue weighted by atomic mass is 19.4. The summed E-state index contributed by atoms with van der Waals surface area (Å²) < 4.78 is 39.0. The molecule has 0 radical (unpaired) electrons. The Kier molecular flexibility index (Phi) is 4.48. The molecule has 0 atom stereocenters. The molecule has 3 rings (SSSR count). The summed E-state index contributed by atoms with van der Waals surface area (Å²) in [7, 11) is 0. The van der Waals surface area contributed by atoms with E-state index in [0.29, 0.717) is 24.9 Å². The third-order valence-electron chi connectivity index (χ3n) is 3.97. The second-order valence-corrected chi connectivity index (χ2v) is 5.77. The quantitative estimate of drug-likeness (QED) is 0.853. The molecule has 2 N–H and O–H groups in total. The first-order valence-electron chi connectivity index (χ1n) is 7.75. The summed E-state index contributed by atoms with van der Waals surface area (Å²) in [5.74, 6) is -0.717. The van der Waals surface area contributed by atoms with E-state index in [0.717, 1.165) is 11.6 Å². The summed E-state index contributed by atoms with van der Waals surface area (Å²) in [6.45, 7) is 0. The number of alkyl halides is 3. The SMILES string of the molecule is O=C1CCCc2cc(C(=O)Nc3ccccc3C(F)(F)F)ccc2N1. The number of amides is 2. The molecule has 0 fully saturated rings. The van der Waals surface area contributed by atoms with E-state index in [-0.39, 0.29) is 17.2 Å². The molecule has 25 heavy (non-hydrogen) atoms. The van der Waals surface area contributed by atoms with Crippen LogP contribution in [0, 0.1) is 0 Å². The van der Waals surface area contributed by atoms with Crippen molar-refractivity contribution in [1.82, 2.24) is 0 Å². The van der Waals surface area contributed by atoms with Crippen molar-refractivity contribution in [2.75, 3.05) is 10.6 Å². The van der Waals surface area contributed by atoms with Crippen molar-refractivity contribution in [3.8, 4) is 0 Å². The lowest BCUT2D eigenvalue weighted by Crippen LogP contribution is -2.17. The van der Waals surface area contributed by atoms with E-state index in [1.54, 1.807) is 12.1 Å². The molecule has 0 aromatic heterocycles. The molecule has 1 aliphatic heterocycles. The molecule has 0 aliphatic carbocycles. The zero-order valence-corrected chi connectivity index (χ0v) is 13.1. The first kappa shape index (κ1) is 17.0. The lowest BCUT2D eigenvalue weighted by molar-refractivity contribution is -0.136. The number of halogens is 3. The Morgan fingerprint density at radius 1 is 1.08 bits per heavy atom. The minimum atomic E-state index is -4.55. The Morgan fingerprint density at radius 3 is 2.60 bits per heavy atom. The van der Waals surface area contributed by atoms with Gasteiger partial charge < -0.3 is 10.6 Å². The van der Waals surface area contributed by atoms with Crippen molar-refractivity contribution in [2.24, 2.45) is 0 Å². The van der Waals surface area contributed by atoms with Gasteiger partial charge in [-0.3, -0.25) is 9.59 Å². The van der Waals surface area contributed by atoms with Gasteiger partial charge >= 0.3 is 6.18 Å². The van der Waals surface area contributed by atoms with Crippen LogP contribution in [0.15, 0.2) is 42.5 Å². The number of fused-ring (bicyclic) bond motifs is 1. The van der Waals surface area contributed by atoms with Crippen LogP contribution in [0.3, 0.4) is 0 Å². The zero-order valence-electron chi connectivity index (χ0n) is 13.1. The van der Waals surface area contributed by atoms with Crippen molar-refractivity contribution >= 4 is 23.2 Å². The van der Waals surface area contributed by atoms with Crippen molar-refractivity contribution in [3.05, 3.63) is 59.2 Å². The summed E-state index contributed by atoms with van der Waals surface area (Å²) in [5, 5.41) is 5.07. The van der Waals surface area contributed by atoms with Gasteiger partial charge in [-0.1, -0.05) is 12.1 Å². The van der Waals surface area contributed by atoms with Gasteiger partial charge in [0.2, 0.25) is 5.91 Å². The fourth-order valence-electron chi connectivity index (χ4n) is 2.75. The minimum absolute atomic E-state index is 0.0879. The van der Waals surface area contributed by atoms with Gasteiger partial charge in [0.25, 0.3) is 5.91 Å². The van der Waals surface area contributed by atoms with Gasteiger partial charge in [0.15, 0.2) is 0 Å². The maximum atomic E-state index is 13.0. The molecule has 4 nitrogen and oxygen atoms in total. The number of hydrogen-bond acceptors (Lipinski definition) is 2. The Labute approximate surface area is 142 Å². The highest BCUT2D eigenvalue weighted by Crippen LogP contribution is 2.34. The fraction of sp³-hybridized carbons (Fsp3) is 0.222. The molecular weight excluding hydrogens is 333 g/mol. The first-order chi connectivity index (χ1) is 11.8. The molecule has 0 spiro atoms. The van der Waals surface area contributed by atoms with E-state index in [4.69, 9.17) is 0 Å². The lowest BCUT2D eigenvalue weighted by atomic mass is 10.0. The van der Waals surface area contributed by atoms with Crippen LogP contribution in [0.5, 0.6) is 0 Å². The fourth-order valence-corrected chi connectivity index (χ4v) is 2.75. The molecule has 2 aromatic rings. The van der Waals surface area contributed by atoms with E-state index >= 15 is 0 Å². The van der Waals surface area contributed by atoms with Gasteiger partial charge in [0, 0.05) is 17.7 Å². The van der Waals surface area contributed by atoms with E-state index in [1.807, 2.05) is 0 Å². The molecule has 0 unspecified atom stereocenters. The Bertz CT molecular complexity index is 831. The second kappa shape index (κ2) is 6.58. The van der Waals surface area contributed by atoms with Crippen molar-refractivity contribution < 1.29 is 22.8 Å². The number of carbonyl (C=O) groups excluding carboxylic acids is 2. The van der Waals surface area contributed by atoms with Gasteiger partial charge in [-0.25, -0.2) is 0 Å². The number of aryl methyl sites for hydroxylation is 1. The van der Waals surface area contributed by atoms with Gasteiger partial charge in [-0.2, -0.15) is 13.2 Å². The topological polar surface area (TPSA) is 58.2 Å². The Morgan fingerprint density at radius 2 is 1.84 bits per heavy atom. The van der Waals surface area contributed by atoms with Crippen LogP contribution in [0.25, 0.3) is 0 Å².